The van der Waals surface area contributed by atoms with Crippen molar-refractivity contribution in [2.45, 2.75) is 9.79 Å². The minimum absolute atomic E-state index is 0.123. The molecule has 1 aliphatic heterocycles. The molecule has 5 nitrogen and oxygen atoms in total. The van der Waals surface area contributed by atoms with Gasteiger partial charge in [-0.15, -0.1) is 0 Å². The highest BCUT2D eigenvalue weighted by molar-refractivity contribution is 7.99. The van der Waals surface area contributed by atoms with Crippen LogP contribution in [0, 0.1) is 0 Å². The number of amides is 1. The van der Waals surface area contributed by atoms with Crippen LogP contribution in [0.25, 0.3) is 6.08 Å². The fraction of sp³-hybridized carbons (Fsp3) is 0.318. The quantitative estimate of drug-likeness (QED) is 0.640. The molecule has 0 bridgehead atoms. The molecule has 0 atom stereocenters. The lowest BCUT2D eigenvalue weighted by atomic mass is 10.2. The Morgan fingerprint density at radius 3 is 2.83 bits per heavy atom. The number of morpholine rings is 1. The summed E-state index contributed by atoms with van der Waals surface area (Å²) in [6.07, 6.45) is 3.26. The fourth-order valence-corrected chi connectivity index (χ4v) is 4.20. The van der Waals surface area contributed by atoms with E-state index < -0.39 is 0 Å². The number of benzene rings is 2. The molecule has 0 radical (unpaired) electrons. The minimum Gasteiger partial charge on any atom is -0.496 e. The summed E-state index contributed by atoms with van der Waals surface area (Å²) in [5.41, 5.74) is 0.805. The predicted molar refractivity (Wildman–Crippen MR) is 118 cm³/mol. The number of carbonyl (C=O) groups is 1. The van der Waals surface area contributed by atoms with Crippen molar-refractivity contribution >= 4 is 35.3 Å². The van der Waals surface area contributed by atoms with Gasteiger partial charge in [-0.05, 0) is 35.9 Å². The second-order valence-electron chi connectivity index (χ2n) is 6.51. The van der Waals surface area contributed by atoms with Gasteiger partial charge in [-0.2, -0.15) is 0 Å². The fourth-order valence-electron chi connectivity index (χ4n) is 2.92. The molecule has 0 unspecified atom stereocenters. The van der Waals surface area contributed by atoms with Crippen molar-refractivity contribution in [3.63, 3.8) is 0 Å². The standard InChI is InChI=1S/C22H25ClN2O3S/c1-27-20-4-2-3-5-21(20)29-18-8-6-17(19(23)16-18)7-9-22(26)24-10-11-25-12-14-28-15-13-25/h2-9,16H,10-15H2,1H3,(H,24,26)/b9-7+. The highest BCUT2D eigenvalue weighted by Gasteiger charge is 2.10. The summed E-state index contributed by atoms with van der Waals surface area (Å²) in [6.45, 7) is 4.81. The van der Waals surface area contributed by atoms with E-state index in [0.717, 1.165) is 54.0 Å². The summed E-state index contributed by atoms with van der Waals surface area (Å²) in [5.74, 6) is 0.702. The lowest BCUT2D eigenvalue weighted by Crippen LogP contribution is -2.41. The maximum absolute atomic E-state index is 12.0. The smallest absolute Gasteiger partial charge is 0.244 e. The molecule has 1 N–H and O–H groups in total. The van der Waals surface area contributed by atoms with Gasteiger partial charge in [-0.1, -0.05) is 41.6 Å². The molecular formula is C22H25ClN2O3S. The number of hydrogen-bond acceptors (Lipinski definition) is 5. The highest BCUT2D eigenvalue weighted by Crippen LogP contribution is 2.36. The van der Waals surface area contributed by atoms with Crippen LogP contribution in [0.5, 0.6) is 5.75 Å². The maximum atomic E-state index is 12.0. The first kappa shape index (κ1) is 21.7. The van der Waals surface area contributed by atoms with Gasteiger partial charge < -0.3 is 14.8 Å². The van der Waals surface area contributed by atoms with Crippen molar-refractivity contribution in [3.8, 4) is 5.75 Å². The Balaban J connectivity index is 1.52. The zero-order valence-electron chi connectivity index (χ0n) is 16.4. The Bertz CT molecular complexity index is 854. The normalized spacial score (nSPS) is 14.8. The van der Waals surface area contributed by atoms with Gasteiger partial charge in [-0.3, -0.25) is 9.69 Å². The highest BCUT2D eigenvalue weighted by atomic mass is 35.5. The van der Waals surface area contributed by atoms with Gasteiger partial charge in [0.1, 0.15) is 5.75 Å². The summed E-state index contributed by atoms with van der Waals surface area (Å²) in [7, 11) is 1.66. The SMILES string of the molecule is COc1ccccc1Sc1ccc(/C=C/C(=O)NCCN2CCOCC2)c(Cl)c1. The van der Waals surface area contributed by atoms with E-state index in [4.69, 9.17) is 21.1 Å². The molecule has 1 saturated heterocycles. The molecule has 0 aliphatic carbocycles. The van der Waals surface area contributed by atoms with Gasteiger partial charge in [-0.25, -0.2) is 0 Å². The first-order valence-corrected chi connectivity index (χ1v) is 10.7. The molecule has 0 aromatic heterocycles. The van der Waals surface area contributed by atoms with Crippen LogP contribution >= 0.6 is 23.4 Å². The zero-order chi connectivity index (χ0) is 20.5. The number of rotatable bonds is 8. The Labute approximate surface area is 181 Å². The van der Waals surface area contributed by atoms with E-state index in [2.05, 4.69) is 10.2 Å². The molecule has 29 heavy (non-hydrogen) atoms. The molecule has 3 rings (SSSR count). The van der Waals surface area contributed by atoms with Crippen molar-refractivity contribution in [1.82, 2.24) is 10.2 Å². The van der Waals surface area contributed by atoms with Crippen LogP contribution in [0.3, 0.4) is 0 Å². The number of hydrogen-bond donors (Lipinski definition) is 1. The van der Waals surface area contributed by atoms with Gasteiger partial charge in [0.2, 0.25) is 5.91 Å². The molecular weight excluding hydrogens is 408 g/mol. The van der Waals surface area contributed by atoms with E-state index in [1.165, 1.54) is 6.08 Å². The molecule has 2 aromatic rings. The largest absolute Gasteiger partial charge is 0.496 e. The van der Waals surface area contributed by atoms with E-state index in [9.17, 15) is 4.79 Å². The monoisotopic (exact) mass is 432 g/mol. The van der Waals surface area contributed by atoms with Crippen LogP contribution in [-0.2, 0) is 9.53 Å². The molecule has 154 valence electrons. The Morgan fingerprint density at radius 2 is 2.07 bits per heavy atom. The van der Waals surface area contributed by atoms with Gasteiger partial charge in [0.15, 0.2) is 0 Å². The van der Waals surface area contributed by atoms with Crippen LogP contribution in [0.2, 0.25) is 5.02 Å². The average molecular weight is 433 g/mol. The van der Waals surface area contributed by atoms with Gasteiger partial charge >= 0.3 is 0 Å². The van der Waals surface area contributed by atoms with E-state index >= 15 is 0 Å². The third-order valence-corrected chi connectivity index (χ3v) is 5.89. The van der Waals surface area contributed by atoms with Gasteiger partial charge in [0.25, 0.3) is 0 Å². The number of halogens is 1. The lowest BCUT2D eigenvalue weighted by Gasteiger charge is -2.26. The molecule has 1 fully saturated rings. The molecule has 0 saturated carbocycles. The first-order valence-electron chi connectivity index (χ1n) is 9.52. The van der Waals surface area contributed by atoms with E-state index in [1.807, 2.05) is 42.5 Å². The average Bonchev–Trinajstić information content (AvgIpc) is 2.74. The molecule has 1 amide bonds. The third-order valence-electron chi connectivity index (χ3n) is 4.51. The number of methoxy groups -OCH3 is 1. The summed E-state index contributed by atoms with van der Waals surface area (Å²) in [5, 5.41) is 3.51. The Kier molecular flexibility index (Phi) is 8.43. The Hall–Kier alpha value is -1.99. The molecule has 7 heteroatoms. The minimum atomic E-state index is -0.123. The van der Waals surface area contributed by atoms with Gasteiger partial charge in [0, 0.05) is 42.2 Å². The first-order chi connectivity index (χ1) is 14.2. The van der Waals surface area contributed by atoms with Gasteiger partial charge in [0.05, 0.1) is 25.2 Å². The number of carbonyl (C=O) groups excluding carboxylic acids is 1. The van der Waals surface area contributed by atoms with Crippen molar-refractivity contribution in [3.05, 3.63) is 59.1 Å². The number of nitrogens with zero attached hydrogens (tertiary/aromatic N) is 1. The zero-order valence-corrected chi connectivity index (χ0v) is 18.0. The second kappa shape index (κ2) is 11.3. The molecule has 0 spiro atoms. The molecule has 1 aliphatic rings. The van der Waals surface area contributed by atoms with Crippen LogP contribution < -0.4 is 10.1 Å². The van der Waals surface area contributed by atoms with Crippen LogP contribution in [0.1, 0.15) is 5.56 Å². The molecule has 1 heterocycles. The predicted octanol–water partition coefficient (Wildman–Crippen LogP) is 3.96. The van der Waals surface area contributed by atoms with Crippen molar-refractivity contribution < 1.29 is 14.3 Å². The van der Waals surface area contributed by atoms with Crippen LogP contribution in [0.15, 0.2) is 58.3 Å². The summed E-state index contributed by atoms with van der Waals surface area (Å²) < 4.78 is 10.7. The van der Waals surface area contributed by atoms with E-state index in [0.29, 0.717) is 11.6 Å². The number of para-hydroxylation sites is 1. The van der Waals surface area contributed by atoms with Crippen molar-refractivity contribution in [2.24, 2.45) is 0 Å². The van der Waals surface area contributed by atoms with Crippen LogP contribution in [0.4, 0.5) is 0 Å². The van der Waals surface area contributed by atoms with E-state index in [1.54, 1.807) is 24.9 Å². The number of ether oxygens (including phenoxy) is 2. The second-order valence-corrected chi connectivity index (χ2v) is 8.04. The maximum Gasteiger partial charge on any atom is 0.244 e. The summed E-state index contributed by atoms with van der Waals surface area (Å²) in [6, 6.07) is 13.6. The summed E-state index contributed by atoms with van der Waals surface area (Å²) in [4.78, 5) is 16.4. The Morgan fingerprint density at radius 1 is 1.28 bits per heavy atom. The number of nitrogens with one attached hydrogen (secondary N) is 1. The van der Waals surface area contributed by atoms with E-state index in [-0.39, 0.29) is 5.91 Å². The summed E-state index contributed by atoms with van der Waals surface area (Å²) >= 11 is 8.00. The third kappa shape index (κ3) is 6.78. The van der Waals surface area contributed by atoms with Crippen LogP contribution in [-0.4, -0.2) is 57.3 Å². The topological polar surface area (TPSA) is 50.8 Å². The molecule has 2 aromatic carbocycles. The van der Waals surface area contributed by atoms with Crippen molar-refractivity contribution in [2.75, 3.05) is 46.5 Å². The van der Waals surface area contributed by atoms with Crippen molar-refractivity contribution in [1.29, 1.82) is 0 Å². The lowest BCUT2D eigenvalue weighted by molar-refractivity contribution is -0.116.